The van der Waals surface area contributed by atoms with Crippen LogP contribution in [0.5, 0.6) is 0 Å². The molecule has 2 heterocycles. The topological polar surface area (TPSA) is 55.6 Å². The predicted molar refractivity (Wildman–Crippen MR) is 74.7 cm³/mol. The Hall–Kier alpha value is -1.64. The Morgan fingerprint density at radius 2 is 2.00 bits per heavy atom. The molecule has 0 amide bonds. The molecule has 2 aromatic rings. The lowest BCUT2D eigenvalue weighted by Crippen LogP contribution is -2.24. The van der Waals surface area contributed by atoms with Gasteiger partial charge >= 0.3 is 11.9 Å². The first-order valence-electron chi connectivity index (χ1n) is 6.54. The summed E-state index contributed by atoms with van der Waals surface area (Å²) in [5, 5.41) is 0. The fourth-order valence-electron chi connectivity index (χ4n) is 2.23. The molecule has 0 aliphatic heterocycles. The number of hydrogen-bond acceptors (Lipinski definition) is 3. The number of imidazole rings is 1. The summed E-state index contributed by atoms with van der Waals surface area (Å²) in [6, 6.07) is 0. The number of aromatic nitrogens is 4. The Labute approximate surface area is 123 Å². The van der Waals surface area contributed by atoms with Gasteiger partial charge in [-0.05, 0) is 6.42 Å². The van der Waals surface area contributed by atoms with Crippen LogP contribution in [0.3, 0.4) is 0 Å². The molecule has 0 aliphatic carbocycles. The molecule has 0 saturated carbocycles. The molecule has 0 spiro atoms. The third kappa shape index (κ3) is 2.87. The fourth-order valence-corrected chi connectivity index (χ4v) is 2.54. The maximum Gasteiger partial charge on any atom is 0.449 e. The maximum atomic E-state index is 12.9. The molecular weight excluding hydrogens is 305 g/mol. The van der Waals surface area contributed by atoms with Crippen molar-refractivity contribution in [2.45, 2.75) is 38.9 Å². The Balaban J connectivity index is 2.70. The van der Waals surface area contributed by atoms with Crippen molar-refractivity contribution in [3.8, 4) is 0 Å². The van der Waals surface area contributed by atoms with E-state index in [1.54, 1.807) is 0 Å². The van der Waals surface area contributed by atoms with Crippen LogP contribution in [0.15, 0.2) is 4.79 Å². The van der Waals surface area contributed by atoms with Crippen LogP contribution >= 0.6 is 12.2 Å². The van der Waals surface area contributed by atoms with Gasteiger partial charge in [0.1, 0.15) is 10.2 Å². The van der Waals surface area contributed by atoms with E-state index in [0.717, 1.165) is 17.4 Å². The lowest BCUT2D eigenvalue weighted by atomic mass is 10.2. The zero-order chi connectivity index (χ0) is 15.8. The molecule has 1 N–H and O–H groups in total. The number of aromatic amines is 1. The van der Waals surface area contributed by atoms with Gasteiger partial charge in [0, 0.05) is 13.6 Å². The van der Waals surface area contributed by atoms with Crippen LogP contribution in [0.4, 0.5) is 13.2 Å². The van der Waals surface area contributed by atoms with Gasteiger partial charge in [-0.2, -0.15) is 13.2 Å². The third-order valence-corrected chi connectivity index (χ3v) is 3.55. The number of H-pyrrole nitrogens is 1. The Kier molecular flexibility index (Phi) is 4.22. The van der Waals surface area contributed by atoms with E-state index in [0.29, 0.717) is 13.0 Å². The number of rotatable bonds is 4. The van der Waals surface area contributed by atoms with Gasteiger partial charge in [-0.3, -0.25) is 9.55 Å². The average molecular weight is 320 g/mol. The molecule has 0 radical (unpaired) electrons. The summed E-state index contributed by atoms with van der Waals surface area (Å²) < 4.78 is 40.9. The molecule has 2 rings (SSSR count). The third-order valence-electron chi connectivity index (χ3n) is 3.25. The number of fused-ring (bicyclic) bond motifs is 1. The van der Waals surface area contributed by atoms with Crippen LogP contribution in [0.2, 0.25) is 0 Å². The first kappa shape index (κ1) is 15.7. The van der Waals surface area contributed by atoms with Crippen molar-refractivity contribution in [1.29, 1.82) is 0 Å². The van der Waals surface area contributed by atoms with Crippen LogP contribution in [-0.4, -0.2) is 19.1 Å². The van der Waals surface area contributed by atoms with E-state index < -0.39 is 17.7 Å². The minimum atomic E-state index is -4.60. The van der Waals surface area contributed by atoms with Gasteiger partial charge in [-0.15, -0.1) is 0 Å². The number of halogens is 3. The summed E-state index contributed by atoms with van der Waals surface area (Å²) in [4.78, 5) is 17.9. The van der Waals surface area contributed by atoms with Crippen LogP contribution in [0, 0.1) is 4.64 Å². The normalized spacial score (nSPS) is 12.2. The summed E-state index contributed by atoms with van der Waals surface area (Å²) in [5.74, 6) is -1.06. The van der Waals surface area contributed by atoms with E-state index >= 15 is 0 Å². The van der Waals surface area contributed by atoms with Crippen LogP contribution in [0.25, 0.3) is 11.2 Å². The van der Waals surface area contributed by atoms with Gasteiger partial charge in [0.05, 0.1) is 0 Å². The molecule has 9 heteroatoms. The molecule has 0 aromatic carbocycles. The van der Waals surface area contributed by atoms with E-state index in [1.165, 1.54) is 11.6 Å². The molecule has 2 aromatic heterocycles. The average Bonchev–Trinajstić information content (AvgIpc) is 2.71. The highest BCUT2D eigenvalue weighted by molar-refractivity contribution is 7.71. The SMILES string of the molecule is CCCCCn1c(=O)[nH]c(=S)c2c1nc(C(F)(F)F)n2C. The highest BCUT2D eigenvalue weighted by atomic mass is 32.1. The second-order valence-electron chi connectivity index (χ2n) is 4.78. The second-order valence-corrected chi connectivity index (χ2v) is 5.19. The summed E-state index contributed by atoms with van der Waals surface area (Å²) in [7, 11) is 1.24. The monoisotopic (exact) mass is 320 g/mol. The quantitative estimate of drug-likeness (QED) is 0.696. The van der Waals surface area contributed by atoms with E-state index in [2.05, 4.69) is 9.97 Å². The lowest BCUT2D eigenvalue weighted by molar-refractivity contribution is -0.146. The van der Waals surface area contributed by atoms with Gasteiger partial charge in [-0.1, -0.05) is 32.0 Å². The molecule has 0 aliphatic rings. The highest BCUT2D eigenvalue weighted by Crippen LogP contribution is 2.30. The molecule has 0 fully saturated rings. The predicted octanol–water partition coefficient (Wildman–Crippen LogP) is 3.00. The molecule has 0 bridgehead atoms. The molecule has 21 heavy (non-hydrogen) atoms. The fraction of sp³-hybridized carbons (Fsp3) is 0.583. The van der Waals surface area contributed by atoms with E-state index in [9.17, 15) is 18.0 Å². The Morgan fingerprint density at radius 1 is 1.33 bits per heavy atom. The van der Waals surface area contributed by atoms with Crippen molar-refractivity contribution in [3.05, 3.63) is 20.9 Å². The molecule has 0 saturated heterocycles. The molecule has 116 valence electrons. The van der Waals surface area contributed by atoms with Crippen molar-refractivity contribution < 1.29 is 13.2 Å². The van der Waals surface area contributed by atoms with Gasteiger partial charge in [0.15, 0.2) is 5.65 Å². The van der Waals surface area contributed by atoms with Gasteiger partial charge in [0.25, 0.3) is 0 Å². The summed E-state index contributed by atoms with van der Waals surface area (Å²) in [6.45, 7) is 2.31. The van der Waals surface area contributed by atoms with Crippen molar-refractivity contribution in [3.63, 3.8) is 0 Å². The minimum Gasteiger partial charge on any atom is -0.320 e. The van der Waals surface area contributed by atoms with E-state index in [4.69, 9.17) is 12.2 Å². The number of nitrogens with zero attached hydrogens (tertiary/aromatic N) is 3. The number of hydrogen-bond donors (Lipinski definition) is 1. The van der Waals surface area contributed by atoms with Crippen molar-refractivity contribution in [1.82, 2.24) is 19.1 Å². The van der Waals surface area contributed by atoms with Crippen LogP contribution in [0.1, 0.15) is 32.0 Å². The van der Waals surface area contributed by atoms with Crippen molar-refractivity contribution in [2.75, 3.05) is 0 Å². The summed E-state index contributed by atoms with van der Waals surface area (Å²) >= 11 is 4.96. The molecule has 0 atom stereocenters. The smallest absolute Gasteiger partial charge is 0.320 e. The first-order valence-corrected chi connectivity index (χ1v) is 6.95. The second kappa shape index (κ2) is 5.63. The van der Waals surface area contributed by atoms with Crippen LogP contribution < -0.4 is 5.69 Å². The lowest BCUT2D eigenvalue weighted by Gasteiger charge is -2.06. The van der Waals surface area contributed by atoms with Gasteiger partial charge < -0.3 is 4.57 Å². The van der Waals surface area contributed by atoms with Crippen molar-refractivity contribution in [2.24, 2.45) is 7.05 Å². The van der Waals surface area contributed by atoms with E-state index in [1.807, 2.05) is 6.92 Å². The van der Waals surface area contributed by atoms with E-state index in [-0.39, 0.29) is 15.8 Å². The highest BCUT2D eigenvalue weighted by Gasteiger charge is 2.37. The number of nitrogens with one attached hydrogen (secondary N) is 1. The molecule has 0 unspecified atom stereocenters. The molecule has 5 nitrogen and oxygen atoms in total. The first-order chi connectivity index (χ1) is 9.77. The largest absolute Gasteiger partial charge is 0.449 e. The van der Waals surface area contributed by atoms with Crippen molar-refractivity contribution >= 4 is 23.4 Å². The summed E-state index contributed by atoms with van der Waals surface area (Å²) in [5.41, 5.74) is -0.432. The number of alkyl halides is 3. The Morgan fingerprint density at radius 3 is 2.57 bits per heavy atom. The van der Waals surface area contributed by atoms with Crippen LogP contribution in [-0.2, 0) is 19.8 Å². The zero-order valence-corrected chi connectivity index (χ0v) is 12.4. The van der Waals surface area contributed by atoms with Gasteiger partial charge in [0.2, 0.25) is 5.82 Å². The molecular formula is C12H15F3N4OS. The summed E-state index contributed by atoms with van der Waals surface area (Å²) in [6.07, 6.45) is -2.09. The standard InChI is InChI=1S/C12H15F3N4OS/c1-3-4-5-6-19-8-7(9(21)17-11(19)20)18(2)10(16-8)12(13,14)15/h3-6H2,1-2H3,(H,17,20,21). The van der Waals surface area contributed by atoms with Gasteiger partial charge in [-0.25, -0.2) is 9.78 Å². The zero-order valence-electron chi connectivity index (χ0n) is 11.6. The Bertz CT molecular complexity index is 772. The number of aryl methyl sites for hydroxylation is 2. The maximum absolute atomic E-state index is 12.9. The minimum absolute atomic E-state index is 0.0188. The number of unbranched alkanes of at least 4 members (excludes halogenated alkanes) is 2.